The minimum absolute atomic E-state index is 0.0823. The molecule has 0 aliphatic rings. The predicted molar refractivity (Wildman–Crippen MR) is 42.8 cm³/mol. The van der Waals surface area contributed by atoms with Crippen molar-refractivity contribution in [3.8, 4) is 11.8 Å². The van der Waals surface area contributed by atoms with E-state index in [2.05, 4.69) is 0 Å². The molecule has 1 aromatic carbocycles. The number of rotatable bonds is 0. The minimum atomic E-state index is -5.03. The zero-order valence-corrected chi connectivity index (χ0v) is 7.82. The van der Waals surface area contributed by atoms with Crippen molar-refractivity contribution in [1.82, 2.24) is 0 Å². The summed E-state index contributed by atoms with van der Waals surface area (Å²) in [5, 5.41) is 17.4. The van der Waals surface area contributed by atoms with Crippen LogP contribution in [0.5, 0.6) is 5.75 Å². The molecule has 0 saturated carbocycles. The van der Waals surface area contributed by atoms with Crippen LogP contribution in [0.4, 0.5) is 26.3 Å². The van der Waals surface area contributed by atoms with Crippen LogP contribution in [0.15, 0.2) is 12.1 Å². The van der Waals surface area contributed by atoms with Gasteiger partial charge in [0.05, 0.1) is 11.1 Å². The van der Waals surface area contributed by atoms with E-state index in [9.17, 15) is 26.3 Å². The van der Waals surface area contributed by atoms with E-state index in [4.69, 9.17) is 10.4 Å². The van der Waals surface area contributed by atoms with Gasteiger partial charge in [0.15, 0.2) is 0 Å². The standard InChI is InChI=1S/C9H3F6NO/c10-8(11,12)5-1-2-6(9(13,14)15)7(17)4(5)3-16/h1-2,17H. The lowest BCUT2D eigenvalue weighted by molar-refractivity contribution is -0.142. The second-order valence-electron chi connectivity index (χ2n) is 2.99. The molecule has 8 heteroatoms. The fourth-order valence-electron chi connectivity index (χ4n) is 1.17. The summed E-state index contributed by atoms with van der Waals surface area (Å²) in [7, 11) is 0. The molecule has 0 aliphatic heterocycles. The summed E-state index contributed by atoms with van der Waals surface area (Å²) < 4.78 is 73.6. The molecule has 0 aliphatic carbocycles. The van der Waals surface area contributed by atoms with Crippen molar-refractivity contribution in [1.29, 1.82) is 5.26 Å². The maximum atomic E-state index is 12.3. The summed E-state index contributed by atoms with van der Waals surface area (Å²) in [6.07, 6.45) is -10.0. The van der Waals surface area contributed by atoms with Gasteiger partial charge < -0.3 is 5.11 Å². The Bertz CT molecular complexity index is 482. The maximum absolute atomic E-state index is 12.3. The highest BCUT2D eigenvalue weighted by atomic mass is 19.4. The highest BCUT2D eigenvalue weighted by molar-refractivity contribution is 5.54. The fourth-order valence-corrected chi connectivity index (χ4v) is 1.17. The summed E-state index contributed by atoms with van der Waals surface area (Å²) in [5.74, 6) is -1.71. The first-order valence-corrected chi connectivity index (χ1v) is 3.99. The van der Waals surface area contributed by atoms with E-state index in [-0.39, 0.29) is 12.1 Å². The van der Waals surface area contributed by atoms with Crippen LogP contribution in [0.25, 0.3) is 0 Å². The van der Waals surface area contributed by atoms with Crippen LogP contribution in [0.2, 0.25) is 0 Å². The monoisotopic (exact) mass is 255 g/mol. The van der Waals surface area contributed by atoms with Crippen molar-refractivity contribution >= 4 is 0 Å². The summed E-state index contributed by atoms with van der Waals surface area (Å²) in [5.41, 5.74) is -4.72. The molecular weight excluding hydrogens is 252 g/mol. The smallest absolute Gasteiger partial charge is 0.420 e. The van der Waals surface area contributed by atoms with Gasteiger partial charge in [-0.15, -0.1) is 0 Å². The van der Waals surface area contributed by atoms with Gasteiger partial charge in [0.1, 0.15) is 17.4 Å². The van der Waals surface area contributed by atoms with Crippen LogP contribution >= 0.6 is 0 Å². The SMILES string of the molecule is N#Cc1c(C(F)(F)F)ccc(C(F)(F)F)c1O. The third-order valence-electron chi connectivity index (χ3n) is 1.90. The highest BCUT2D eigenvalue weighted by Gasteiger charge is 2.40. The van der Waals surface area contributed by atoms with Crippen LogP contribution in [0, 0.1) is 11.3 Å². The van der Waals surface area contributed by atoms with Crippen molar-refractivity contribution < 1.29 is 31.4 Å². The molecule has 0 spiro atoms. The average molecular weight is 255 g/mol. The third kappa shape index (κ3) is 2.43. The van der Waals surface area contributed by atoms with E-state index >= 15 is 0 Å². The Morgan fingerprint density at radius 1 is 0.941 bits per heavy atom. The van der Waals surface area contributed by atoms with Crippen LogP contribution in [-0.2, 0) is 12.4 Å². The van der Waals surface area contributed by atoms with Crippen LogP contribution in [0.3, 0.4) is 0 Å². The van der Waals surface area contributed by atoms with Gasteiger partial charge in [-0.3, -0.25) is 0 Å². The van der Waals surface area contributed by atoms with Gasteiger partial charge in [-0.25, -0.2) is 0 Å². The number of aromatic hydroxyl groups is 1. The van der Waals surface area contributed by atoms with Crippen molar-refractivity contribution in [2.75, 3.05) is 0 Å². The molecule has 0 unspecified atom stereocenters. The quantitative estimate of drug-likeness (QED) is 0.723. The molecule has 1 aromatic rings. The first-order valence-electron chi connectivity index (χ1n) is 3.99. The Morgan fingerprint density at radius 2 is 1.35 bits per heavy atom. The number of phenols is 1. The molecule has 1 N–H and O–H groups in total. The van der Waals surface area contributed by atoms with Crippen molar-refractivity contribution in [2.45, 2.75) is 12.4 Å². The van der Waals surface area contributed by atoms with E-state index in [0.29, 0.717) is 0 Å². The molecule has 92 valence electrons. The number of nitrogens with zero attached hydrogens (tertiary/aromatic N) is 1. The van der Waals surface area contributed by atoms with Crippen molar-refractivity contribution in [3.05, 3.63) is 28.8 Å². The lowest BCUT2D eigenvalue weighted by atomic mass is 10.0. The number of nitriles is 1. The summed E-state index contributed by atoms with van der Waals surface area (Å²) in [4.78, 5) is 0. The van der Waals surface area contributed by atoms with Gasteiger partial charge in [-0.2, -0.15) is 31.6 Å². The predicted octanol–water partition coefficient (Wildman–Crippen LogP) is 3.30. The molecule has 17 heavy (non-hydrogen) atoms. The van der Waals surface area contributed by atoms with E-state index in [1.165, 1.54) is 0 Å². The number of phenolic OH excluding ortho intramolecular Hbond substituents is 1. The Labute approximate surface area is 90.7 Å². The van der Waals surface area contributed by atoms with Crippen LogP contribution in [0.1, 0.15) is 16.7 Å². The molecule has 0 saturated heterocycles. The molecule has 0 heterocycles. The second-order valence-corrected chi connectivity index (χ2v) is 2.99. The van der Waals surface area contributed by atoms with E-state index in [1.54, 1.807) is 0 Å². The highest BCUT2D eigenvalue weighted by Crippen LogP contribution is 2.42. The lowest BCUT2D eigenvalue weighted by Gasteiger charge is -2.14. The number of benzene rings is 1. The van der Waals surface area contributed by atoms with Gasteiger partial charge in [0.25, 0.3) is 0 Å². The van der Waals surface area contributed by atoms with Gasteiger partial charge in [0, 0.05) is 0 Å². The lowest BCUT2D eigenvalue weighted by Crippen LogP contribution is -2.12. The average Bonchev–Trinajstić information content (AvgIpc) is 2.13. The Morgan fingerprint density at radius 3 is 1.71 bits per heavy atom. The first kappa shape index (κ1) is 13.2. The van der Waals surface area contributed by atoms with E-state index < -0.39 is 34.8 Å². The van der Waals surface area contributed by atoms with Gasteiger partial charge >= 0.3 is 12.4 Å². The van der Waals surface area contributed by atoms with Crippen molar-refractivity contribution in [3.63, 3.8) is 0 Å². The Balaban J connectivity index is 3.56. The summed E-state index contributed by atoms with van der Waals surface area (Å²) in [6.45, 7) is 0. The summed E-state index contributed by atoms with van der Waals surface area (Å²) in [6, 6.07) is 1.11. The first-order chi connectivity index (χ1) is 7.59. The molecule has 0 fully saturated rings. The van der Waals surface area contributed by atoms with E-state index in [0.717, 1.165) is 6.07 Å². The van der Waals surface area contributed by atoms with Crippen molar-refractivity contribution in [2.24, 2.45) is 0 Å². The number of hydrogen-bond donors (Lipinski definition) is 1. The number of alkyl halides is 6. The minimum Gasteiger partial charge on any atom is -0.506 e. The van der Waals surface area contributed by atoms with Gasteiger partial charge in [-0.1, -0.05) is 0 Å². The molecule has 1 rings (SSSR count). The van der Waals surface area contributed by atoms with E-state index in [1.807, 2.05) is 0 Å². The fraction of sp³-hybridized carbons (Fsp3) is 0.222. The Hall–Kier alpha value is -1.91. The van der Waals surface area contributed by atoms with Crippen LogP contribution in [-0.4, -0.2) is 5.11 Å². The third-order valence-corrected chi connectivity index (χ3v) is 1.90. The molecular formula is C9H3F6NO. The van der Waals surface area contributed by atoms with Gasteiger partial charge in [-0.05, 0) is 12.1 Å². The maximum Gasteiger partial charge on any atom is 0.420 e. The van der Waals surface area contributed by atoms with Gasteiger partial charge in [0.2, 0.25) is 0 Å². The topological polar surface area (TPSA) is 44.0 Å². The molecule has 0 amide bonds. The molecule has 0 aromatic heterocycles. The molecule has 0 bridgehead atoms. The molecule has 2 nitrogen and oxygen atoms in total. The number of hydrogen-bond acceptors (Lipinski definition) is 2. The zero-order valence-electron chi connectivity index (χ0n) is 7.82. The molecule has 0 atom stereocenters. The normalized spacial score (nSPS) is 12.3. The Kier molecular flexibility index (Phi) is 2.97. The summed E-state index contributed by atoms with van der Waals surface area (Å²) >= 11 is 0. The molecule has 0 radical (unpaired) electrons. The zero-order chi connectivity index (χ0) is 13.4. The van der Waals surface area contributed by atoms with Crippen LogP contribution < -0.4 is 0 Å². The second kappa shape index (κ2) is 3.84. The number of halogens is 6. The largest absolute Gasteiger partial charge is 0.506 e.